The quantitative estimate of drug-likeness (QED) is 0.750. The molecule has 0 radical (unpaired) electrons. The van der Waals surface area contributed by atoms with Crippen molar-refractivity contribution in [3.05, 3.63) is 0 Å². The van der Waals surface area contributed by atoms with E-state index < -0.39 is 0 Å². The highest BCUT2D eigenvalue weighted by molar-refractivity contribution is 5.81. The molecule has 0 aliphatic heterocycles. The maximum absolute atomic E-state index is 11.7. The van der Waals surface area contributed by atoms with Crippen LogP contribution >= 0.6 is 0 Å². The first kappa shape index (κ1) is 11.9. The molecular weight excluding hydrogens is 202 g/mol. The minimum atomic E-state index is 0.274. The molecule has 3 heteroatoms. The molecule has 92 valence electrons. The van der Waals surface area contributed by atoms with Gasteiger partial charge in [-0.1, -0.05) is 13.3 Å². The van der Waals surface area contributed by atoms with Crippen molar-refractivity contribution in [2.75, 3.05) is 20.3 Å². The van der Waals surface area contributed by atoms with Crippen LogP contribution in [0.1, 0.15) is 39.0 Å². The van der Waals surface area contributed by atoms with Crippen molar-refractivity contribution in [1.29, 1.82) is 0 Å². The Morgan fingerprint density at radius 3 is 2.62 bits per heavy atom. The summed E-state index contributed by atoms with van der Waals surface area (Å²) in [5.41, 5.74) is 0.351. The average molecular weight is 225 g/mol. The van der Waals surface area contributed by atoms with Crippen molar-refractivity contribution in [3.63, 3.8) is 0 Å². The fraction of sp³-hybridized carbons (Fsp3) is 0.923. The monoisotopic (exact) mass is 225 g/mol. The van der Waals surface area contributed by atoms with Gasteiger partial charge >= 0.3 is 0 Å². The highest BCUT2D eigenvalue weighted by Gasteiger charge is 2.41. The van der Waals surface area contributed by atoms with Crippen LogP contribution in [-0.2, 0) is 9.53 Å². The molecule has 16 heavy (non-hydrogen) atoms. The molecule has 0 aromatic heterocycles. The number of hydrogen-bond acceptors (Lipinski definition) is 2. The molecule has 0 spiro atoms. The second-order valence-corrected chi connectivity index (χ2v) is 5.63. The Bertz CT molecular complexity index is 261. The standard InChI is InChI=1S/C13H23NO2/c1-10-8-11(10)12(15)14-9-13(4-3-5-13)6-7-16-2/h10-11H,3-9H2,1-2H3,(H,14,15)/t10-,11-/m0/s1. The normalized spacial score (nSPS) is 30.6. The summed E-state index contributed by atoms with van der Waals surface area (Å²) in [6.07, 6.45) is 5.97. The third-order valence-electron chi connectivity index (χ3n) is 4.33. The summed E-state index contributed by atoms with van der Waals surface area (Å²) in [7, 11) is 1.75. The van der Waals surface area contributed by atoms with Crippen LogP contribution in [0.2, 0.25) is 0 Å². The van der Waals surface area contributed by atoms with E-state index in [4.69, 9.17) is 4.74 Å². The fourth-order valence-electron chi connectivity index (χ4n) is 2.60. The van der Waals surface area contributed by atoms with Crippen molar-refractivity contribution in [1.82, 2.24) is 5.32 Å². The van der Waals surface area contributed by atoms with Gasteiger partial charge < -0.3 is 10.1 Å². The number of rotatable bonds is 6. The summed E-state index contributed by atoms with van der Waals surface area (Å²) in [5, 5.41) is 3.13. The molecule has 2 fully saturated rings. The molecule has 0 aromatic rings. The van der Waals surface area contributed by atoms with Crippen LogP contribution < -0.4 is 5.32 Å². The number of carbonyl (C=O) groups excluding carboxylic acids is 1. The smallest absolute Gasteiger partial charge is 0.223 e. The Kier molecular flexibility index (Phi) is 3.53. The summed E-state index contributed by atoms with van der Waals surface area (Å²) >= 11 is 0. The first-order valence-electron chi connectivity index (χ1n) is 6.43. The van der Waals surface area contributed by atoms with Crippen LogP contribution in [0.25, 0.3) is 0 Å². The molecule has 2 rings (SSSR count). The molecule has 0 bridgehead atoms. The maximum Gasteiger partial charge on any atom is 0.223 e. The van der Waals surface area contributed by atoms with E-state index in [-0.39, 0.29) is 5.91 Å². The van der Waals surface area contributed by atoms with E-state index in [0.717, 1.165) is 26.0 Å². The third kappa shape index (κ3) is 2.57. The van der Waals surface area contributed by atoms with E-state index in [1.54, 1.807) is 7.11 Å². The van der Waals surface area contributed by atoms with Gasteiger partial charge in [0, 0.05) is 26.2 Å². The lowest BCUT2D eigenvalue weighted by Gasteiger charge is -2.42. The van der Waals surface area contributed by atoms with Gasteiger partial charge in [0.15, 0.2) is 0 Å². The summed E-state index contributed by atoms with van der Waals surface area (Å²) < 4.78 is 5.14. The Morgan fingerprint density at radius 2 is 2.19 bits per heavy atom. The lowest BCUT2D eigenvalue weighted by molar-refractivity contribution is -0.123. The van der Waals surface area contributed by atoms with Crippen LogP contribution in [0.15, 0.2) is 0 Å². The Labute approximate surface area is 97.9 Å². The predicted octanol–water partition coefficient (Wildman–Crippen LogP) is 1.97. The topological polar surface area (TPSA) is 38.3 Å². The first-order chi connectivity index (χ1) is 7.67. The molecule has 0 aromatic carbocycles. The second kappa shape index (κ2) is 4.74. The van der Waals surface area contributed by atoms with Crippen molar-refractivity contribution in [2.45, 2.75) is 39.0 Å². The minimum Gasteiger partial charge on any atom is -0.385 e. The molecule has 1 N–H and O–H groups in total. The van der Waals surface area contributed by atoms with Gasteiger partial charge in [-0.2, -0.15) is 0 Å². The van der Waals surface area contributed by atoms with E-state index in [9.17, 15) is 4.79 Å². The third-order valence-corrected chi connectivity index (χ3v) is 4.33. The molecule has 2 aliphatic rings. The molecular formula is C13H23NO2. The Hall–Kier alpha value is -0.570. The van der Waals surface area contributed by atoms with Gasteiger partial charge in [-0.05, 0) is 37.0 Å². The lowest BCUT2D eigenvalue weighted by atomic mass is 9.66. The highest BCUT2D eigenvalue weighted by atomic mass is 16.5. The van der Waals surface area contributed by atoms with Crippen LogP contribution in [0.5, 0.6) is 0 Å². The van der Waals surface area contributed by atoms with Gasteiger partial charge in [-0.3, -0.25) is 4.79 Å². The highest BCUT2D eigenvalue weighted by Crippen LogP contribution is 2.44. The number of carbonyl (C=O) groups is 1. The predicted molar refractivity (Wildman–Crippen MR) is 63.1 cm³/mol. The number of nitrogens with one attached hydrogen (secondary N) is 1. The van der Waals surface area contributed by atoms with Gasteiger partial charge in [0.1, 0.15) is 0 Å². The van der Waals surface area contributed by atoms with Gasteiger partial charge in [0.2, 0.25) is 5.91 Å². The molecule has 3 nitrogen and oxygen atoms in total. The molecule has 2 saturated carbocycles. The zero-order valence-corrected chi connectivity index (χ0v) is 10.4. The number of hydrogen-bond donors (Lipinski definition) is 1. The van der Waals surface area contributed by atoms with E-state index >= 15 is 0 Å². The Balaban J connectivity index is 1.72. The molecule has 2 aliphatic carbocycles. The average Bonchev–Trinajstić information content (AvgIpc) is 2.93. The van der Waals surface area contributed by atoms with Gasteiger partial charge in [0.25, 0.3) is 0 Å². The zero-order chi connectivity index (χ0) is 11.6. The minimum absolute atomic E-state index is 0.274. The molecule has 2 atom stereocenters. The largest absolute Gasteiger partial charge is 0.385 e. The van der Waals surface area contributed by atoms with Crippen LogP contribution in [0.4, 0.5) is 0 Å². The fourth-order valence-corrected chi connectivity index (χ4v) is 2.60. The number of amides is 1. The lowest BCUT2D eigenvalue weighted by Crippen LogP contribution is -2.43. The summed E-state index contributed by atoms with van der Waals surface area (Å²) in [6, 6.07) is 0. The van der Waals surface area contributed by atoms with E-state index in [0.29, 0.717) is 17.3 Å². The van der Waals surface area contributed by atoms with E-state index in [1.165, 1.54) is 19.3 Å². The SMILES string of the molecule is COCCC1(CNC(=O)[C@H]2C[C@@H]2C)CCC1. The molecule has 1 amide bonds. The zero-order valence-electron chi connectivity index (χ0n) is 10.4. The van der Waals surface area contributed by atoms with Crippen molar-refractivity contribution >= 4 is 5.91 Å². The van der Waals surface area contributed by atoms with Gasteiger partial charge in [-0.25, -0.2) is 0 Å². The summed E-state index contributed by atoms with van der Waals surface area (Å²) in [4.78, 5) is 11.7. The van der Waals surface area contributed by atoms with Gasteiger partial charge in [0.05, 0.1) is 0 Å². The second-order valence-electron chi connectivity index (χ2n) is 5.63. The van der Waals surface area contributed by atoms with Crippen molar-refractivity contribution < 1.29 is 9.53 Å². The Morgan fingerprint density at radius 1 is 1.50 bits per heavy atom. The number of ether oxygens (including phenoxy) is 1. The van der Waals surface area contributed by atoms with Gasteiger partial charge in [-0.15, -0.1) is 0 Å². The van der Waals surface area contributed by atoms with Crippen LogP contribution in [0, 0.1) is 17.3 Å². The van der Waals surface area contributed by atoms with Crippen molar-refractivity contribution in [2.24, 2.45) is 17.3 Å². The first-order valence-corrected chi connectivity index (χ1v) is 6.43. The van der Waals surface area contributed by atoms with E-state index in [2.05, 4.69) is 12.2 Å². The molecule has 0 saturated heterocycles. The maximum atomic E-state index is 11.7. The van der Waals surface area contributed by atoms with Crippen LogP contribution in [0.3, 0.4) is 0 Å². The molecule has 0 heterocycles. The molecule has 0 unspecified atom stereocenters. The van der Waals surface area contributed by atoms with E-state index in [1.807, 2.05) is 0 Å². The number of methoxy groups -OCH3 is 1. The van der Waals surface area contributed by atoms with Crippen LogP contribution in [-0.4, -0.2) is 26.2 Å². The summed E-state index contributed by atoms with van der Waals surface area (Å²) in [5.74, 6) is 1.19. The summed E-state index contributed by atoms with van der Waals surface area (Å²) in [6.45, 7) is 3.82. The van der Waals surface area contributed by atoms with Crippen molar-refractivity contribution in [3.8, 4) is 0 Å².